The van der Waals surface area contributed by atoms with Gasteiger partial charge in [-0.2, -0.15) is 13.2 Å². The number of fused-ring (bicyclic) bond motifs is 1. The summed E-state index contributed by atoms with van der Waals surface area (Å²) in [6.45, 7) is 9.81. The van der Waals surface area contributed by atoms with Crippen LogP contribution in [0.25, 0.3) is 10.2 Å². The van der Waals surface area contributed by atoms with Gasteiger partial charge < -0.3 is 20.9 Å². The number of aromatic nitrogens is 2. The normalized spacial score (nSPS) is 25.2. The molecule has 214 valence electrons. The van der Waals surface area contributed by atoms with Gasteiger partial charge in [0, 0.05) is 55.9 Å². The first-order valence-corrected chi connectivity index (χ1v) is 14.8. The molecule has 0 radical (unpaired) electrons. The molecule has 3 N–H and O–H groups in total. The van der Waals surface area contributed by atoms with Crippen molar-refractivity contribution in [3.8, 4) is 0 Å². The van der Waals surface area contributed by atoms with Crippen LogP contribution in [-0.4, -0.2) is 89.2 Å². The summed E-state index contributed by atoms with van der Waals surface area (Å²) >= 11 is 1.07. The summed E-state index contributed by atoms with van der Waals surface area (Å²) in [5.41, 5.74) is 1.04. The highest BCUT2D eigenvalue weighted by Gasteiger charge is 2.47. The molecule has 0 spiro atoms. The Morgan fingerprint density at radius 1 is 1.21 bits per heavy atom. The molecule has 4 heterocycles. The summed E-state index contributed by atoms with van der Waals surface area (Å²) in [7, 11) is 0. The van der Waals surface area contributed by atoms with Gasteiger partial charge in [-0.15, -0.1) is 11.3 Å². The molecule has 0 bridgehead atoms. The van der Waals surface area contributed by atoms with Gasteiger partial charge in [-0.3, -0.25) is 9.69 Å². The van der Waals surface area contributed by atoms with Crippen LogP contribution in [0.5, 0.6) is 0 Å². The summed E-state index contributed by atoms with van der Waals surface area (Å²) in [5, 5.41) is 11.0. The fraction of sp³-hybridized carbons (Fsp3) is 0.667. The maximum Gasteiger partial charge on any atom is 0.393 e. The molecule has 1 amide bonds. The van der Waals surface area contributed by atoms with Gasteiger partial charge in [0.2, 0.25) is 5.91 Å². The second-order valence-corrected chi connectivity index (χ2v) is 12.0. The molecule has 3 aliphatic rings. The van der Waals surface area contributed by atoms with Crippen molar-refractivity contribution in [2.75, 3.05) is 51.1 Å². The van der Waals surface area contributed by atoms with E-state index in [9.17, 15) is 18.0 Å². The minimum atomic E-state index is -4.25. The Morgan fingerprint density at radius 3 is 2.64 bits per heavy atom. The van der Waals surface area contributed by atoms with Crippen LogP contribution in [0.3, 0.4) is 0 Å². The Hall–Kier alpha value is -2.44. The number of hydrogen-bond donors (Lipinski definition) is 3. The number of likely N-dealkylation sites (tertiary alicyclic amines) is 1. The van der Waals surface area contributed by atoms with Gasteiger partial charge in [-0.1, -0.05) is 19.9 Å². The van der Waals surface area contributed by atoms with E-state index in [1.165, 1.54) is 12.0 Å². The molecule has 0 saturated carbocycles. The van der Waals surface area contributed by atoms with Crippen LogP contribution in [0.4, 0.5) is 19.0 Å². The van der Waals surface area contributed by atoms with Gasteiger partial charge in [-0.25, -0.2) is 9.97 Å². The number of nitrogens with one attached hydrogen (secondary N) is 3. The van der Waals surface area contributed by atoms with Crippen LogP contribution in [-0.2, 0) is 11.2 Å². The average molecular weight is 566 g/mol. The highest BCUT2D eigenvalue weighted by molar-refractivity contribution is 7.18. The van der Waals surface area contributed by atoms with Crippen molar-refractivity contribution < 1.29 is 18.0 Å². The van der Waals surface area contributed by atoms with E-state index in [-0.39, 0.29) is 22.4 Å². The number of piperazine rings is 1. The maximum absolute atomic E-state index is 12.9. The molecule has 5 rings (SSSR count). The van der Waals surface area contributed by atoms with Crippen molar-refractivity contribution in [3.05, 3.63) is 29.0 Å². The predicted octanol–water partition coefficient (Wildman–Crippen LogP) is 3.77. The highest BCUT2D eigenvalue weighted by atomic mass is 32.1. The van der Waals surface area contributed by atoms with Crippen molar-refractivity contribution in [2.24, 2.45) is 5.92 Å². The number of alkyl halides is 3. The first-order chi connectivity index (χ1) is 18.7. The molecule has 2 atom stereocenters. The van der Waals surface area contributed by atoms with Gasteiger partial charge in [0.25, 0.3) is 0 Å². The Morgan fingerprint density at radius 2 is 1.95 bits per heavy atom. The number of allylic oxidation sites excluding steroid dienone is 1. The van der Waals surface area contributed by atoms with Crippen molar-refractivity contribution in [1.29, 1.82) is 0 Å². The zero-order chi connectivity index (χ0) is 27.6. The second kappa shape index (κ2) is 11.6. The fourth-order valence-electron chi connectivity index (χ4n) is 6.52. The number of piperidine rings is 1. The van der Waals surface area contributed by atoms with E-state index in [1.807, 2.05) is 4.90 Å². The Balaban J connectivity index is 1.22. The molecule has 2 aromatic heterocycles. The summed E-state index contributed by atoms with van der Waals surface area (Å²) in [6.07, 6.45) is 2.22. The van der Waals surface area contributed by atoms with E-state index in [0.29, 0.717) is 28.5 Å². The number of anilines is 1. The Kier molecular flexibility index (Phi) is 8.34. The lowest BCUT2D eigenvalue weighted by Gasteiger charge is -2.49. The van der Waals surface area contributed by atoms with E-state index in [2.05, 4.69) is 50.7 Å². The van der Waals surface area contributed by atoms with Crippen molar-refractivity contribution in [3.63, 3.8) is 0 Å². The lowest BCUT2D eigenvalue weighted by Crippen LogP contribution is -2.59. The van der Waals surface area contributed by atoms with E-state index in [0.717, 1.165) is 76.3 Å². The van der Waals surface area contributed by atoms with Crippen molar-refractivity contribution in [1.82, 2.24) is 30.4 Å². The van der Waals surface area contributed by atoms with Crippen molar-refractivity contribution >= 4 is 33.3 Å². The van der Waals surface area contributed by atoms with Crippen LogP contribution >= 0.6 is 11.3 Å². The number of rotatable bonds is 8. The quantitative estimate of drug-likeness (QED) is 0.450. The SMILES string of the molecule is CC[C@@]1(N2CCC(Nc3ncnc4sc(CC(F)(F)F)cc34)CC2)C(NCC(=O)N2CCNCC2)=CCC1C. The third-order valence-corrected chi connectivity index (χ3v) is 9.59. The number of carbonyl (C=O) groups is 1. The monoisotopic (exact) mass is 565 g/mol. The fourth-order valence-corrected chi connectivity index (χ4v) is 7.55. The van der Waals surface area contributed by atoms with Gasteiger partial charge in [0.15, 0.2) is 0 Å². The van der Waals surface area contributed by atoms with Crippen LogP contribution in [0.15, 0.2) is 24.2 Å². The van der Waals surface area contributed by atoms with Crippen LogP contribution < -0.4 is 16.0 Å². The van der Waals surface area contributed by atoms with E-state index < -0.39 is 12.6 Å². The van der Waals surface area contributed by atoms with Gasteiger partial charge in [0.05, 0.1) is 23.9 Å². The standard InChI is InChI=1S/C27H38F3N7OS/c1-3-26(18(2)4-5-22(26)32-16-23(38)36-12-8-31-9-13-36)37-10-6-19(7-11-37)35-24-21-14-20(15-27(28,29)30)39-25(21)34-17-33-24/h5,14,17-19,31-32H,3-4,6-13,15-16H2,1-2H3,(H,33,34,35)/t18?,26-/m0/s1. The summed E-state index contributed by atoms with van der Waals surface area (Å²) in [6, 6.07) is 1.74. The highest BCUT2D eigenvalue weighted by Crippen LogP contribution is 2.43. The number of amides is 1. The van der Waals surface area contributed by atoms with E-state index >= 15 is 0 Å². The van der Waals surface area contributed by atoms with Gasteiger partial charge >= 0.3 is 6.18 Å². The number of nitrogens with zero attached hydrogens (tertiary/aromatic N) is 4. The van der Waals surface area contributed by atoms with Crippen LogP contribution in [0.2, 0.25) is 0 Å². The van der Waals surface area contributed by atoms with E-state index in [4.69, 9.17) is 0 Å². The number of carbonyl (C=O) groups excluding carboxylic acids is 1. The molecular weight excluding hydrogens is 527 g/mol. The summed E-state index contributed by atoms with van der Waals surface area (Å²) < 4.78 is 38.8. The minimum absolute atomic E-state index is 0.128. The second-order valence-electron chi connectivity index (χ2n) is 10.9. The molecule has 2 saturated heterocycles. The summed E-state index contributed by atoms with van der Waals surface area (Å²) in [4.78, 5) is 26.7. The molecule has 2 aliphatic heterocycles. The molecule has 12 heteroatoms. The molecule has 1 aliphatic carbocycles. The third-order valence-electron chi connectivity index (χ3n) is 8.55. The average Bonchev–Trinajstić information content (AvgIpc) is 3.47. The number of thiophene rings is 1. The molecule has 39 heavy (non-hydrogen) atoms. The van der Waals surface area contributed by atoms with Gasteiger partial charge in [-0.05, 0) is 37.7 Å². The third kappa shape index (κ3) is 6.02. The molecule has 1 unspecified atom stereocenters. The molecule has 8 nitrogen and oxygen atoms in total. The maximum atomic E-state index is 12.9. The van der Waals surface area contributed by atoms with Gasteiger partial charge in [0.1, 0.15) is 17.0 Å². The molecular formula is C27H38F3N7OS. The summed E-state index contributed by atoms with van der Waals surface area (Å²) in [5.74, 6) is 1.19. The first-order valence-electron chi connectivity index (χ1n) is 13.9. The minimum Gasteiger partial charge on any atom is -0.378 e. The zero-order valence-corrected chi connectivity index (χ0v) is 23.4. The predicted molar refractivity (Wildman–Crippen MR) is 148 cm³/mol. The molecule has 2 fully saturated rings. The Labute approximate surface area is 231 Å². The first kappa shape index (κ1) is 28.1. The van der Waals surface area contributed by atoms with Crippen LogP contribution in [0, 0.1) is 5.92 Å². The topological polar surface area (TPSA) is 85.4 Å². The lowest BCUT2D eigenvalue weighted by molar-refractivity contribution is -0.130. The smallest absolute Gasteiger partial charge is 0.378 e. The molecule has 0 aromatic carbocycles. The van der Waals surface area contributed by atoms with E-state index in [1.54, 1.807) is 6.07 Å². The lowest BCUT2D eigenvalue weighted by atomic mass is 9.80. The number of hydrogen-bond acceptors (Lipinski definition) is 8. The molecule has 2 aromatic rings. The number of halogens is 3. The van der Waals surface area contributed by atoms with Crippen molar-refractivity contribution in [2.45, 2.75) is 63.7 Å². The van der Waals surface area contributed by atoms with Crippen LogP contribution in [0.1, 0.15) is 44.4 Å². The Bertz CT molecular complexity index is 1190. The largest absolute Gasteiger partial charge is 0.393 e. The zero-order valence-electron chi connectivity index (χ0n) is 22.6.